The van der Waals surface area contributed by atoms with E-state index in [0.717, 1.165) is 56.0 Å². The molecule has 1 aliphatic heterocycles. The van der Waals surface area contributed by atoms with E-state index >= 15 is 0 Å². The fraction of sp³-hybridized carbons (Fsp3) is 0.588. The Labute approximate surface area is 132 Å². The zero-order valence-corrected chi connectivity index (χ0v) is 13.6. The monoisotopic (exact) mass is 302 g/mol. The Morgan fingerprint density at radius 2 is 2.00 bits per heavy atom. The standard InChI is InChI=1S/C17H26N4O/c1-3-14(22)13-21-16-8-5-4-7-15(16)18-17(21)20-10-6-9-19(2)11-12-20/h4-5,7-8,14,22H,3,6,9-13H2,1-2H3. The first kappa shape index (κ1) is 15.3. The Kier molecular flexibility index (Phi) is 4.64. The number of rotatable bonds is 4. The highest BCUT2D eigenvalue weighted by atomic mass is 16.3. The summed E-state index contributed by atoms with van der Waals surface area (Å²) in [4.78, 5) is 9.59. The van der Waals surface area contributed by atoms with E-state index in [1.807, 2.05) is 19.1 Å². The molecule has 1 unspecified atom stereocenters. The van der Waals surface area contributed by atoms with Crippen molar-refractivity contribution in [2.24, 2.45) is 0 Å². The maximum atomic E-state index is 10.1. The Hall–Kier alpha value is -1.59. The minimum Gasteiger partial charge on any atom is -0.391 e. The topological polar surface area (TPSA) is 44.5 Å². The largest absolute Gasteiger partial charge is 0.391 e. The fourth-order valence-electron chi connectivity index (χ4n) is 3.07. The molecule has 2 aromatic rings. The molecule has 22 heavy (non-hydrogen) atoms. The van der Waals surface area contributed by atoms with Crippen LogP contribution in [0.25, 0.3) is 11.0 Å². The van der Waals surface area contributed by atoms with Crippen LogP contribution >= 0.6 is 0 Å². The van der Waals surface area contributed by atoms with E-state index in [-0.39, 0.29) is 6.10 Å². The van der Waals surface area contributed by atoms with Crippen molar-refractivity contribution in [3.8, 4) is 0 Å². The first-order valence-electron chi connectivity index (χ1n) is 8.26. The summed E-state index contributed by atoms with van der Waals surface area (Å²) in [7, 11) is 2.17. The molecule has 1 saturated heterocycles. The Bertz CT molecular complexity index is 624. The molecule has 0 saturated carbocycles. The Balaban J connectivity index is 1.98. The highest BCUT2D eigenvalue weighted by Crippen LogP contribution is 2.24. The lowest BCUT2D eigenvalue weighted by molar-refractivity contribution is 0.151. The van der Waals surface area contributed by atoms with Crippen LogP contribution in [0.2, 0.25) is 0 Å². The van der Waals surface area contributed by atoms with Crippen LogP contribution in [0.4, 0.5) is 5.95 Å². The van der Waals surface area contributed by atoms with Gasteiger partial charge in [0.25, 0.3) is 0 Å². The van der Waals surface area contributed by atoms with Crippen LogP contribution in [0.1, 0.15) is 19.8 Å². The second-order valence-electron chi connectivity index (χ2n) is 6.22. The molecule has 120 valence electrons. The molecule has 1 aromatic carbocycles. The van der Waals surface area contributed by atoms with Gasteiger partial charge in [-0.05, 0) is 38.6 Å². The van der Waals surface area contributed by atoms with Crippen molar-refractivity contribution >= 4 is 17.0 Å². The number of fused-ring (bicyclic) bond motifs is 1. The Morgan fingerprint density at radius 1 is 1.18 bits per heavy atom. The molecule has 2 heterocycles. The lowest BCUT2D eigenvalue weighted by Gasteiger charge is -2.24. The second kappa shape index (κ2) is 6.67. The van der Waals surface area contributed by atoms with Gasteiger partial charge in [0.15, 0.2) is 0 Å². The molecule has 5 heteroatoms. The number of imidazole rings is 1. The summed E-state index contributed by atoms with van der Waals surface area (Å²) in [6.45, 7) is 6.83. The quantitative estimate of drug-likeness (QED) is 0.937. The van der Waals surface area contributed by atoms with Crippen LogP contribution in [0.15, 0.2) is 24.3 Å². The van der Waals surface area contributed by atoms with Gasteiger partial charge in [-0.1, -0.05) is 19.1 Å². The number of aliphatic hydroxyl groups excluding tert-OH is 1. The molecular formula is C17H26N4O. The number of aliphatic hydroxyl groups is 1. The number of nitrogens with zero attached hydrogens (tertiary/aromatic N) is 4. The van der Waals surface area contributed by atoms with Gasteiger partial charge < -0.3 is 19.5 Å². The fourth-order valence-corrected chi connectivity index (χ4v) is 3.07. The minimum atomic E-state index is -0.328. The third-order valence-corrected chi connectivity index (χ3v) is 4.50. The zero-order chi connectivity index (χ0) is 15.5. The van der Waals surface area contributed by atoms with E-state index in [0.29, 0.717) is 6.54 Å². The molecule has 1 N–H and O–H groups in total. The third-order valence-electron chi connectivity index (χ3n) is 4.50. The van der Waals surface area contributed by atoms with Gasteiger partial charge in [0.1, 0.15) is 0 Å². The van der Waals surface area contributed by atoms with Crippen molar-refractivity contribution in [2.45, 2.75) is 32.4 Å². The summed E-state index contributed by atoms with van der Waals surface area (Å²) < 4.78 is 2.19. The van der Waals surface area contributed by atoms with Gasteiger partial charge in [-0.25, -0.2) is 4.98 Å². The van der Waals surface area contributed by atoms with Crippen molar-refractivity contribution in [1.82, 2.24) is 14.5 Å². The second-order valence-corrected chi connectivity index (χ2v) is 6.22. The summed E-state index contributed by atoms with van der Waals surface area (Å²) in [6, 6.07) is 8.21. The van der Waals surface area contributed by atoms with Gasteiger partial charge in [-0.15, -0.1) is 0 Å². The van der Waals surface area contributed by atoms with Crippen LogP contribution in [0.5, 0.6) is 0 Å². The first-order chi connectivity index (χ1) is 10.7. The molecule has 5 nitrogen and oxygen atoms in total. The normalized spacial score (nSPS) is 18.6. The number of likely N-dealkylation sites (N-methyl/N-ethyl adjacent to an activating group) is 1. The van der Waals surface area contributed by atoms with Gasteiger partial charge in [0, 0.05) is 19.6 Å². The van der Waals surface area contributed by atoms with Gasteiger partial charge in [-0.2, -0.15) is 0 Å². The first-order valence-corrected chi connectivity index (χ1v) is 8.26. The molecular weight excluding hydrogens is 276 g/mol. The van der Waals surface area contributed by atoms with Crippen molar-refractivity contribution in [2.75, 3.05) is 38.1 Å². The summed E-state index contributed by atoms with van der Waals surface area (Å²) in [5.41, 5.74) is 2.13. The van der Waals surface area contributed by atoms with Crippen molar-refractivity contribution in [3.63, 3.8) is 0 Å². The number of para-hydroxylation sites is 2. The van der Waals surface area contributed by atoms with E-state index in [4.69, 9.17) is 4.98 Å². The van der Waals surface area contributed by atoms with Crippen LogP contribution in [0.3, 0.4) is 0 Å². The molecule has 0 radical (unpaired) electrons. The van der Waals surface area contributed by atoms with Crippen molar-refractivity contribution in [3.05, 3.63) is 24.3 Å². The average molecular weight is 302 g/mol. The summed E-state index contributed by atoms with van der Waals surface area (Å²) >= 11 is 0. The minimum absolute atomic E-state index is 0.328. The third kappa shape index (κ3) is 3.10. The number of aromatic nitrogens is 2. The van der Waals surface area contributed by atoms with E-state index in [1.54, 1.807) is 0 Å². The number of hydrogen-bond donors (Lipinski definition) is 1. The molecule has 0 bridgehead atoms. The summed E-state index contributed by atoms with van der Waals surface area (Å²) in [5, 5.41) is 10.1. The zero-order valence-electron chi connectivity index (χ0n) is 13.6. The van der Waals surface area contributed by atoms with E-state index in [1.165, 1.54) is 0 Å². The number of anilines is 1. The predicted molar refractivity (Wildman–Crippen MR) is 90.4 cm³/mol. The van der Waals surface area contributed by atoms with Crippen molar-refractivity contribution in [1.29, 1.82) is 0 Å². The SMILES string of the molecule is CCC(O)Cn1c(N2CCCN(C)CC2)nc2ccccc21. The Morgan fingerprint density at radius 3 is 2.82 bits per heavy atom. The summed E-state index contributed by atoms with van der Waals surface area (Å²) in [5.74, 6) is 1.00. The molecule has 0 amide bonds. The van der Waals surface area contributed by atoms with Crippen LogP contribution in [-0.2, 0) is 6.54 Å². The van der Waals surface area contributed by atoms with Crippen LogP contribution in [0, 0.1) is 0 Å². The average Bonchev–Trinajstić information content (AvgIpc) is 2.74. The smallest absolute Gasteiger partial charge is 0.206 e. The van der Waals surface area contributed by atoms with E-state index < -0.39 is 0 Å². The maximum absolute atomic E-state index is 10.1. The highest BCUT2D eigenvalue weighted by molar-refractivity contribution is 5.78. The lowest BCUT2D eigenvalue weighted by atomic mass is 10.2. The maximum Gasteiger partial charge on any atom is 0.206 e. The lowest BCUT2D eigenvalue weighted by Crippen LogP contribution is -2.31. The number of benzene rings is 1. The van der Waals surface area contributed by atoms with E-state index in [2.05, 4.69) is 33.5 Å². The van der Waals surface area contributed by atoms with Crippen LogP contribution in [-0.4, -0.2) is 58.9 Å². The highest BCUT2D eigenvalue weighted by Gasteiger charge is 2.20. The van der Waals surface area contributed by atoms with Crippen molar-refractivity contribution < 1.29 is 5.11 Å². The number of hydrogen-bond acceptors (Lipinski definition) is 4. The van der Waals surface area contributed by atoms with E-state index in [9.17, 15) is 5.11 Å². The predicted octanol–water partition coefficient (Wildman–Crippen LogP) is 1.95. The molecule has 0 aliphatic carbocycles. The van der Waals surface area contributed by atoms with Gasteiger partial charge in [0.05, 0.1) is 23.7 Å². The van der Waals surface area contributed by atoms with Gasteiger partial charge in [-0.3, -0.25) is 0 Å². The summed E-state index contributed by atoms with van der Waals surface area (Å²) in [6.07, 6.45) is 1.58. The molecule has 1 aliphatic rings. The molecule has 1 fully saturated rings. The molecule has 3 rings (SSSR count). The molecule has 1 atom stereocenters. The van der Waals surface area contributed by atoms with Gasteiger partial charge >= 0.3 is 0 Å². The molecule has 0 spiro atoms. The van der Waals surface area contributed by atoms with Crippen LogP contribution < -0.4 is 4.90 Å². The van der Waals surface area contributed by atoms with Gasteiger partial charge in [0.2, 0.25) is 5.95 Å². The molecule has 1 aromatic heterocycles.